The quantitative estimate of drug-likeness (QED) is 0.632. The molecule has 0 aromatic carbocycles. The van der Waals surface area contributed by atoms with E-state index in [2.05, 4.69) is 0 Å². The van der Waals surface area contributed by atoms with Crippen LogP contribution in [0.2, 0.25) is 0 Å². The van der Waals surface area contributed by atoms with Crippen LogP contribution in [0.1, 0.15) is 12.8 Å². The van der Waals surface area contributed by atoms with E-state index in [0.29, 0.717) is 0 Å². The minimum atomic E-state index is -4.20. The molecule has 1 saturated heterocycles. The Kier molecular flexibility index (Phi) is 3.75. The molecule has 15 heavy (non-hydrogen) atoms. The van der Waals surface area contributed by atoms with E-state index in [-0.39, 0.29) is 30.3 Å². The Hall–Kier alpha value is -0.180. The van der Waals surface area contributed by atoms with Gasteiger partial charge in [-0.2, -0.15) is 8.42 Å². The maximum Gasteiger partial charge on any atom is 0.267 e. The van der Waals surface area contributed by atoms with Gasteiger partial charge in [-0.05, 0) is 18.8 Å². The van der Waals surface area contributed by atoms with E-state index in [1.807, 2.05) is 0 Å². The SMILES string of the molecule is O=S(=O)(O)CC(O)C1CCS(=O)(=O)CC1. The third-order valence-corrected chi connectivity index (χ3v) is 5.00. The predicted molar refractivity (Wildman–Crippen MR) is 53.8 cm³/mol. The number of hydrogen-bond donors (Lipinski definition) is 2. The van der Waals surface area contributed by atoms with Crippen LogP contribution in [0.3, 0.4) is 0 Å². The van der Waals surface area contributed by atoms with Crippen molar-refractivity contribution in [2.45, 2.75) is 18.9 Å². The Morgan fingerprint density at radius 3 is 2.13 bits per heavy atom. The van der Waals surface area contributed by atoms with Crippen molar-refractivity contribution < 1.29 is 26.5 Å². The van der Waals surface area contributed by atoms with E-state index in [1.165, 1.54) is 0 Å². The summed E-state index contributed by atoms with van der Waals surface area (Å²) in [6.45, 7) is 0. The zero-order chi connectivity index (χ0) is 11.7. The van der Waals surface area contributed by atoms with Crippen molar-refractivity contribution in [3.63, 3.8) is 0 Å². The number of sulfone groups is 1. The van der Waals surface area contributed by atoms with Crippen molar-refractivity contribution in [2.75, 3.05) is 17.3 Å². The van der Waals surface area contributed by atoms with Gasteiger partial charge >= 0.3 is 0 Å². The standard InChI is InChI=1S/C7H14O6S2/c8-7(5-15(11,12)13)6-1-3-14(9,10)4-2-6/h6-8H,1-5H2,(H,11,12,13). The molecule has 1 rings (SSSR count). The van der Waals surface area contributed by atoms with Gasteiger partial charge in [0.1, 0.15) is 15.6 Å². The van der Waals surface area contributed by atoms with Crippen molar-refractivity contribution in [2.24, 2.45) is 5.92 Å². The lowest BCUT2D eigenvalue weighted by Crippen LogP contribution is -2.35. The molecule has 8 heteroatoms. The molecular formula is C7H14O6S2. The Bertz CT molecular complexity index is 395. The van der Waals surface area contributed by atoms with Gasteiger partial charge in [-0.1, -0.05) is 0 Å². The van der Waals surface area contributed by atoms with Crippen LogP contribution in [0.4, 0.5) is 0 Å². The van der Waals surface area contributed by atoms with E-state index >= 15 is 0 Å². The van der Waals surface area contributed by atoms with Crippen LogP contribution in [0.25, 0.3) is 0 Å². The van der Waals surface area contributed by atoms with E-state index in [4.69, 9.17) is 4.55 Å². The average molecular weight is 258 g/mol. The molecule has 0 spiro atoms. The predicted octanol–water partition coefficient (Wildman–Crippen LogP) is -0.940. The second-order valence-corrected chi connectivity index (χ2v) is 7.61. The minimum absolute atomic E-state index is 0.0276. The molecule has 0 radical (unpaired) electrons. The summed E-state index contributed by atoms with van der Waals surface area (Å²) in [5.74, 6) is -1.14. The molecule has 2 N–H and O–H groups in total. The van der Waals surface area contributed by atoms with E-state index in [9.17, 15) is 21.9 Å². The fraction of sp³-hybridized carbons (Fsp3) is 1.00. The number of hydrogen-bond acceptors (Lipinski definition) is 5. The summed E-state index contributed by atoms with van der Waals surface area (Å²) in [7, 11) is -7.22. The molecule has 1 heterocycles. The zero-order valence-corrected chi connectivity index (χ0v) is 9.67. The first-order chi connectivity index (χ1) is 6.70. The highest BCUT2D eigenvalue weighted by atomic mass is 32.2. The highest BCUT2D eigenvalue weighted by Gasteiger charge is 2.30. The third kappa shape index (κ3) is 4.45. The zero-order valence-electron chi connectivity index (χ0n) is 8.03. The maximum atomic E-state index is 11.1. The molecule has 0 aliphatic carbocycles. The lowest BCUT2D eigenvalue weighted by Gasteiger charge is -2.25. The maximum absolute atomic E-state index is 11.1. The molecular weight excluding hydrogens is 244 g/mol. The monoisotopic (exact) mass is 258 g/mol. The van der Waals surface area contributed by atoms with Crippen molar-refractivity contribution in [3.05, 3.63) is 0 Å². The van der Waals surface area contributed by atoms with Crippen LogP contribution in [-0.4, -0.2) is 49.9 Å². The Morgan fingerprint density at radius 1 is 1.27 bits per heavy atom. The fourth-order valence-electron chi connectivity index (χ4n) is 1.64. The van der Waals surface area contributed by atoms with Crippen LogP contribution >= 0.6 is 0 Å². The Balaban J connectivity index is 2.54. The summed E-state index contributed by atoms with van der Waals surface area (Å²) in [5.41, 5.74) is 0. The summed E-state index contributed by atoms with van der Waals surface area (Å²) in [6, 6.07) is 0. The van der Waals surface area contributed by atoms with Crippen LogP contribution in [0, 0.1) is 5.92 Å². The normalized spacial score (nSPS) is 24.9. The lowest BCUT2D eigenvalue weighted by atomic mass is 9.97. The first kappa shape index (κ1) is 12.9. The van der Waals surface area contributed by atoms with Crippen LogP contribution in [0.15, 0.2) is 0 Å². The van der Waals surface area contributed by atoms with Crippen molar-refractivity contribution in [3.8, 4) is 0 Å². The van der Waals surface area contributed by atoms with Crippen molar-refractivity contribution in [1.29, 1.82) is 0 Å². The van der Waals surface area contributed by atoms with Gasteiger partial charge in [-0.15, -0.1) is 0 Å². The number of rotatable bonds is 3. The van der Waals surface area contributed by atoms with Crippen LogP contribution < -0.4 is 0 Å². The van der Waals surface area contributed by atoms with Gasteiger partial charge in [0.25, 0.3) is 10.1 Å². The van der Waals surface area contributed by atoms with E-state index < -0.39 is 31.8 Å². The second kappa shape index (κ2) is 4.36. The summed E-state index contributed by atoms with van der Waals surface area (Å²) in [6.07, 6.45) is -0.687. The molecule has 1 fully saturated rings. The first-order valence-corrected chi connectivity index (χ1v) is 7.96. The molecule has 1 aliphatic rings. The van der Waals surface area contributed by atoms with Gasteiger partial charge in [0.2, 0.25) is 0 Å². The Morgan fingerprint density at radius 2 is 1.73 bits per heavy atom. The van der Waals surface area contributed by atoms with Gasteiger partial charge in [0, 0.05) is 0 Å². The van der Waals surface area contributed by atoms with Crippen molar-refractivity contribution >= 4 is 20.0 Å². The largest absolute Gasteiger partial charge is 0.392 e. The van der Waals surface area contributed by atoms with Crippen molar-refractivity contribution in [1.82, 2.24) is 0 Å². The van der Waals surface area contributed by atoms with Crippen LogP contribution in [0.5, 0.6) is 0 Å². The fourth-order valence-corrected chi connectivity index (χ4v) is 3.88. The molecule has 0 amide bonds. The summed E-state index contributed by atoms with van der Waals surface area (Å²) in [5, 5.41) is 9.45. The summed E-state index contributed by atoms with van der Waals surface area (Å²) >= 11 is 0. The first-order valence-electron chi connectivity index (χ1n) is 4.53. The number of aliphatic hydroxyl groups is 1. The molecule has 0 aromatic heterocycles. The smallest absolute Gasteiger partial charge is 0.267 e. The summed E-state index contributed by atoms with van der Waals surface area (Å²) < 4.78 is 51.6. The molecule has 0 bridgehead atoms. The molecule has 0 saturated carbocycles. The van der Waals surface area contributed by atoms with Crippen LogP contribution in [-0.2, 0) is 20.0 Å². The third-order valence-electron chi connectivity index (χ3n) is 2.52. The molecule has 1 aliphatic heterocycles. The Labute approximate surface area is 89.0 Å². The highest BCUT2D eigenvalue weighted by Crippen LogP contribution is 2.22. The summed E-state index contributed by atoms with van der Waals surface area (Å²) in [4.78, 5) is 0. The lowest BCUT2D eigenvalue weighted by molar-refractivity contribution is 0.120. The average Bonchev–Trinajstić information content (AvgIpc) is 2.00. The van der Waals surface area contributed by atoms with Gasteiger partial charge in [-0.3, -0.25) is 4.55 Å². The second-order valence-electron chi connectivity index (χ2n) is 3.81. The highest BCUT2D eigenvalue weighted by molar-refractivity contribution is 7.91. The van der Waals surface area contributed by atoms with Gasteiger partial charge in [0.05, 0.1) is 17.6 Å². The molecule has 0 aromatic rings. The van der Waals surface area contributed by atoms with Gasteiger partial charge in [-0.25, -0.2) is 8.42 Å². The molecule has 1 unspecified atom stereocenters. The topological polar surface area (TPSA) is 109 Å². The minimum Gasteiger partial charge on any atom is -0.392 e. The molecule has 1 atom stereocenters. The van der Waals surface area contributed by atoms with Gasteiger partial charge < -0.3 is 5.11 Å². The van der Waals surface area contributed by atoms with Gasteiger partial charge in [0.15, 0.2) is 0 Å². The molecule has 6 nitrogen and oxygen atoms in total. The van der Waals surface area contributed by atoms with E-state index in [1.54, 1.807) is 0 Å². The number of aliphatic hydroxyl groups excluding tert-OH is 1. The van der Waals surface area contributed by atoms with E-state index in [0.717, 1.165) is 0 Å². The molecule has 90 valence electrons.